The number of carbonyl (C=O) groups excluding carboxylic acids is 1. The summed E-state index contributed by atoms with van der Waals surface area (Å²) in [4.78, 5) is 11.7. The molecule has 1 rings (SSSR count). The van der Waals surface area contributed by atoms with E-state index >= 15 is 0 Å². The minimum atomic E-state index is -4.74. The van der Waals surface area contributed by atoms with Crippen molar-refractivity contribution in [3.63, 3.8) is 0 Å². The highest BCUT2D eigenvalue weighted by molar-refractivity contribution is 5.81. The molecule has 0 aromatic rings. The third-order valence-electron chi connectivity index (χ3n) is 2.64. The molecule has 2 nitrogen and oxygen atoms in total. The van der Waals surface area contributed by atoms with Gasteiger partial charge in [0.1, 0.15) is 0 Å². The van der Waals surface area contributed by atoms with E-state index in [9.17, 15) is 18.0 Å². The maximum Gasteiger partial charge on any atom is 0.471 e. The molecule has 0 radical (unpaired) electrons. The third-order valence-corrected chi connectivity index (χ3v) is 2.64. The van der Waals surface area contributed by atoms with Crippen LogP contribution in [0.3, 0.4) is 0 Å². The van der Waals surface area contributed by atoms with Gasteiger partial charge in [-0.3, -0.25) is 4.79 Å². The molecule has 0 N–H and O–H groups in total. The SMILES string of the molecule is CCC(C1CC1)N(C)C(=O)C(F)(F)F. The Bertz CT molecular complexity index is 223. The van der Waals surface area contributed by atoms with Crippen LogP contribution in [0.1, 0.15) is 26.2 Å². The number of amides is 1. The lowest BCUT2D eigenvalue weighted by Crippen LogP contribution is -2.45. The first-order valence-electron chi connectivity index (χ1n) is 4.72. The summed E-state index contributed by atoms with van der Waals surface area (Å²) in [5.41, 5.74) is 0. The molecule has 0 aliphatic heterocycles. The number of halogens is 3. The lowest BCUT2D eigenvalue weighted by atomic mass is 10.1. The molecular weight excluding hydrogens is 195 g/mol. The van der Waals surface area contributed by atoms with Gasteiger partial charge >= 0.3 is 12.1 Å². The second kappa shape index (κ2) is 3.79. The number of carbonyl (C=O) groups is 1. The number of alkyl halides is 3. The molecule has 0 aromatic carbocycles. The van der Waals surface area contributed by atoms with Crippen LogP contribution in [0.4, 0.5) is 13.2 Å². The molecule has 1 aliphatic carbocycles. The van der Waals surface area contributed by atoms with Gasteiger partial charge in [-0.25, -0.2) is 0 Å². The Morgan fingerprint density at radius 1 is 1.50 bits per heavy atom. The summed E-state index contributed by atoms with van der Waals surface area (Å²) in [6.07, 6.45) is -2.28. The summed E-state index contributed by atoms with van der Waals surface area (Å²) in [5.74, 6) is -1.45. The van der Waals surface area contributed by atoms with Crippen LogP contribution in [0.25, 0.3) is 0 Å². The molecule has 1 amide bonds. The monoisotopic (exact) mass is 209 g/mol. The molecule has 1 saturated carbocycles. The van der Waals surface area contributed by atoms with E-state index in [-0.39, 0.29) is 12.0 Å². The predicted octanol–water partition coefficient (Wildman–Crippen LogP) is 2.20. The van der Waals surface area contributed by atoms with Crippen molar-refractivity contribution in [2.45, 2.75) is 38.4 Å². The predicted molar refractivity (Wildman–Crippen MR) is 45.6 cm³/mol. The van der Waals surface area contributed by atoms with Crippen LogP contribution >= 0.6 is 0 Å². The average Bonchev–Trinajstić information content (AvgIpc) is 2.86. The van der Waals surface area contributed by atoms with Crippen molar-refractivity contribution < 1.29 is 18.0 Å². The van der Waals surface area contributed by atoms with Crippen LogP contribution in [-0.4, -0.2) is 30.1 Å². The van der Waals surface area contributed by atoms with E-state index in [1.54, 1.807) is 0 Å². The third kappa shape index (κ3) is 2.39. The van der Waals surface area contributed by atoms with Crippen LogP contribution in [0.5, 0.6) is 0 Å². The molecular formula is C9H14F3NO. The molecule has 0 saturated heterocycles. The van der Waals surface area contributed by atoms with Crippen molar-refractivity contribution >= 4 is 5.91 Å². The quantitative estimate of drug-likeness (QED) is 0.697. The Balaban J connectivity index is 2.62. The fraction of sp³-hybridized carbons (Fsp3) is 0.889. The number of rotatable bonds is 3. The van der Waals surface area contributed by atoms with Crippen molar-refractivity contribution in [2.75, 3.05) is 7.05 Å². The minimum Gasteiger partial charge on any atom is -0.335 e. The fourth-order valence-electron chi connectivity index (χ4n) is 1.75. The maximum atomic E-state index is 12.1. The molecule has 0 heterocycles. The Labute approximate surface area is 81.1 Å². The summed E-state index contributed by atoms with van der Waals surface area (Å²) in [5, 5.41) is 0. The van der Waals surface area contributed by atoms with Crippen molar-refractivity contribution in [1.82, 2.24) is 4.90 Å². The Morgan fingerprint density at radius 2 is 2.00 bits per heavy atom. The first kappa shape index (κ1) is 11.3. The smallest absolute Gasteiger partial charge is 0.335 e. The second-order valence-corrected chi connectivity index (χ2v) is 3.73. The fourth-order valence-corrected chi connectivity index (χ4v) is 1.75. The normalized spacial score (nSPS) is 19.2. The first-order chi connectivity index (χ1) is 6.38. The van der Waals surface area contributed by atoms with Gasteiger partial charge in [-0.1, -0.05) is 6.92 Å². The van der Waals surface area contributed by atoms with Crippen molar-refractivity contribution in [1.29, 1.82) is 0 Å². The number of hydrogen-bond donors (Lipinski definition) is 0. The summed E-state index contributed by atoms with van der Waals surface area (Å²) in [7, 11) is 1.24. The zero-order valence-electron chi connectivity index (χ0n) is 8.27. The molecule has 1 unspecified atom stereocenters. The molecule has 1 fully saturated rings. The molecule has 14 heavy (non-hydrogen) atoms. The van der Waals surface area contributed by atoms with Crippen LogP contribution in [0, 0.1) is 5.92 Å². The van der Waals surface area contributed by atoms with Crippen molar-refractivity contribution in [3.8, 4) is 0 Å². The van der Waals surface area contributed by atoms with E-state index in [0.29, 0.717) is 6.42 Å². The maximum absolute atomic E-state index is 12.1. The Hall–Kier alpha value is -0.740. The largest absolute Gasteiger partial charge is 0.471 e. The minimum absolute atomic E-state index is 0.246. The van der Waals surface area contributed by atoms with Crippen LogP contribution < -0.4 is 0 Å². The first-order valence-corrected chi connectivity index (χ1v) is 4.72. The topological polar surface area (TPSA) is 20.3 Å². The second-order valence-electron chi connectivity index (χ2n) is 3.73. The van der Waals surface area contributed by atoms with Gasteiger partial charge in [0.15, 0.2) is 0 Å². The lowest BCUT2D eigenvalue weighted by molar-refractivity contribution is -0.186. The summed E-state index contributed by atoms with van der Waals surface area (Å²) < 4.78 is 36.3. The highest BCUT2D eigenvalue weighted by Gasteiger charge is 2.45. The van der Waals surface area contributed by atoms with E-state index in [0.717, 1.165) is 17.7 Å². The number of hydrogen-bond acceptors (Lipinski definition) is 1. The van der Waals surface area contributed by atoms with Gasteiger partial charge in [-0.05, 0) is 25.2 Å². The standard InChI is InChI=1S/C9H14F3NO/c1-3-7(6-4-5-6)13(2)8(14)9(10,11)12/h6-7H,3-5H2,1-2H3. The number of nitrogens with zero attached hydrogens (tertiary/aromatic N) is 1. The molecule has 1 aliphatic rings. The van der Waals surface area contributed by atoms with Crippen LogP contribution in [0.2, 0.25) is 0 Å². The van der Waals surface area contributed by atoms with Crippen molar-refractivity contribution in [3.05, 3.63) is 0 Å². The van der Waals surface area contributed by atoms with E-state index in [4.69, 9.17) is 0 Å². The van der Waals surface area contributed by atoms with E-state index in [1.807, 2.05) is 6.92 Å². The van der Waals surface area contributed by atoms with Crippen molar-refractivity contribution in [2.24, 2.45) is 5.92 Å². The molecule has 82 valence electrons. The van der Waals surface area contributed by atoms with E-state index in [1.165, 1.54) is 7.05 Å². The van der Waals surface area contributed by atoms with Gasteiger partial charge in [0.05, 0.1) is 0 Å². The molecule has 5 heteroatoms. The van der Waals surface area contributed by atoms with Gasteiger partial charge in [0, 0.05) is 13.1 Å². The Kier molecular flexibility index (Phi) is 3.07. The summed E-state index contributed by atoms with van der Waals surface area (Å²) in [6, 6.07) is -0.246. The summed E-state index contributed by atoms with van der Waals surface area (Å²) >= 11 is 0. The van der Waals surface area contributed by atoms with Crippen LogP contribution in [-0.2, 0) is 4.79 Å². The van der Waals surface area contributed by atoms with E-state index < -0.39 is 12.1 Å². The zero-order chi connectivity index (χ0) is 10.9. The van der Waals surface area contributed by atoms with Gasteiger partial charge in [-0.15, -0.1) is 0 Å². The Morgan fingerprint density at radius 3 is 2.29 bits per heavy atom. The molecule has 1 atom stereocenters. The highest BCUT2D eigenvalue weighted by atomic mass is 19.4. The van der Waals surface area contributed by atoms with Gasteiger partial charge in [-0.2, -0.15) is 13.2 Å². The lowest BCUT2D eigenvalue weighted by Gasteiger charge is -2.27. The highest BCUT2D eigenvalue weighted by Crippen LogP contribution is 2.37. The summed E-state index contributed by atoms with van der Waals surface area (Å²) in [6.45, 7) is 1.81. The van der Waals surface area contributed by atoms with Crippen LogP contribution in [0.15, 0.2) is 0 Å². The van der Waals surface area contributed by atoms with E-state index in [2.05, 4.69) is 0 Å². The molecule has 0 aromatic heterocycles. The molecule has 0 bridgehead atoms. The zero-order valence-corrected chi connectivity index (χ0v) is 8.27. The molecule has 0 spiro atoms. The van der Waals surface area contributed by atoms with Gasteiger partial charge in [0.2, 0.25) is 0 Å². The van der Waals surface area contributed by atoms with Gasteiger partial charge in [0.25, 0.3) is 0 Å². The van der Waals surface area contributed by atoms with Gasteiger partial charge < -0.3 is 4.90 Å². The average molecular weight is 209 g/mol.